The van der Waals surface area contributed by atoms with Gasteiger partial charge in [-0.05, 0) is 36.0 Å². The van der Waals surface area contributed by atoms with Crippen LogP contribution >= 0.6 is 15.9 Å². The van der Waals surface area contributed by atoms with Gasteiger partial charge in [0.2, 0.25) is 5.91 Å². The summed E-state index contributed by atoms with van der Waals surface area (Å²) in [4.78, 5) is 24.0. The minimum atomic E-state index is -0.998. The summed E-state index contributed by atoms with van der Waals surface area (Å²) >= 11 is 3.38. The smallest absolute Gasteiger partial charge is 0.326 e. The minimum absolute atomic E-state index is 0.188. The zero-order chi connectivity index (χ0) is 15.8. The molecule has 21 heavy (non-hydrogen) atoms. The van der Waals surface area contributed by atoms with Crippen molar-refractivity contribution >= 4 is 27.8 Å². The number of carboxylic acid groups (broad SMARTS) is 1. The first kappa shape index (κ1) is 16.0. The van der Waals surface area contributed by atoms with Crippen LogP contribution in [0.15, 0.2) is 28.7 Å². The summed E-state index contributed by atoms with van der Waals surface area (Å²) in [5.41, 5.74) is -0.141. The molecule has 1 fully saturated rings. The molecule has 0 radical (unpaired) electrons. The van der Waals surface area contributed by atoms with Crippen LogP contribution in [0.1, 0.15) is 39.2 Å². The van der Waals surface area contributed by atoms with Gasteiger partial charge in [0.1, 0.15) is 6.04 Å². The van der Waals surface area contributed by atoms with Gasteiger partial charge < -0.3 is 10.4 Å². The molecule has 0 heterocycles. The Bertz CT molecular complexity index is 556. The molecule has 1 aliphatic carbocycles. The first-order valence-electron chi connectivity index (χ1n) is 6.97. The largest absolute Gasteiger partial charge is 0.480 e. The van der Waals surface area contributed by atoms with Crippen molar-refractivity contribution in [3.63, 3.8) is 0 Å². The molecule has 0 spiro atoms. The van der Waals surface area contributed by atoms with Crippen LogP contribution in [-0.2, 0) is 15.0 Å². The van der Waals surface area contributed by atoms with Crippen molar-refractivity contribution in [1.29, 1.82) is 0 Å². The average Bonchev–Trinajstić information content (AvgIpc) is 3.16. The number of hydrogen-bond acceptors (Lipinski definition) is 2. The van der Waals surface area contributed by atoms with Crippen molar-refractivity contribution in [2.75, 3.05) is 0 Å². The van der Waals surface area contributed by atoms with E-state index in [-0.39, 0.29) is 5.91 Å². The predicted molar refractivity (Wildman–Crippen MR) is 84.1 cm³/mol. The Hall–Kier alpha value is -1.36. The van der Waals surface area contributed by atoms with Gasteiger partial charge >= 0.3 is 5.97 Å². The minimum Gasteiger partial charge on any atom is -0.480 e. The molecule has 0 aliphatic heterocycles. The highest BCUT2D eigenvalue weighted by atomic mass is 79.9. The van der Waals surface area contributed by atoms with Crippen LogP contribution in [0, 0.1) is 5.41 Å². The molecule has 1 amide bonds. The normalized spacial score (nSPS) is 17.9. The molecular formula is C16H20BrNO3. The van der Waals surface area contributed by atoms with Gasteiger partial charge in [0, 0.05) is 4.47 Å². The number of carbonyl (C=O) groups excluding carboxylic acids is 1. The second-order valence-corrected chi connectivity index (χ2v) is 7.62. The van der Waals surface area contributed by atoms with E-state index < -0.39 is 22.8 Å². The van der Waals surface area contributed by atoms with Gasteiger partial charge in [-0.2, -0.15) is 0 Å². The maximum absolute atomic E-state index is 12.6. The predicted octanol–water partition coefficient (Wildman–Crippen LogP) is 3.10. The first-order chi connectivity index (χ1) is 9.67. The van der Waals surface area contributed by atoms with Crippen molar-refractivity contribution in [3.05, 3.63) is 34.3 Å². The summed E-state index contributed by atoms with van der Waals surface area (Å²) in [7, 11) is 0. The molecule has 5 heteroatoms. The third kappa shape index (κ3) is 3.28. The summed E-state index contributed by atoms with van der Waals surface area (Å²) in [6.07, 6.45) is 1.52. The molecule has 1 aromatic rings. The lowest BCUT2D eigenvalue weighted by atomic mass is 9.85. The molecule has 1 atom stereocenters. The van der Waals surface area contributed by atoms with Crippen LogP contribution in [0.3, 0.4) is 0 Å². The van der Waals surface area contributed by atoms with Crippen LogP contribution in [0.2, 0.25) is 0 Å². The molecule has 0 unspecified atom stereocenters. The van der Waals surface area contributed by atoms with Gasteiger partial charge in [0.05, 0.1) is 5.41 Å². The lowest BCUT2D eigenvalue weighted by Crippen LogP contribution is -2.52. The number of carbonyl (C=O) groups is 2. The topological polar surface area (TPSA) is 66.4 Å². The van der Waals surface area contributed by atoms with Crippen LogP contribution < -0.4 is 5.32 Å². The Kier molecular flexibility index (Phi) is 4.15. The summed E-state index contributed by atoms with van der Waals surface area (Å²) in [5, 5.41) is 12.1. The first-order valence-corrected chi connectivity index (χ1v) is 7.76. The second kappa shape index (κ2) is 5.44. The van der Waals surface area contributed by atoms with E-state index in [1.165, 1.54) is 0 Å². The number of carboxylic acids is 1. The van der Waals surface area contributed by atoms with Gasteiger partial charge in [-0.3, -0.25) is 4.79 Å². The maximum atomic E-state index is 12.6. The van der Waals surface area contributed by atoms with Crippen molar-refractivity contribution in [1.82, 2.24) is 5.32 Å². The summed E-state index contributed by atoms with van der Waals surface area (Å²) in [6.45, 7) is 5.43. The zero-order valence-corrected chi connectivity index (χ0v) is 14.0. The second-order valence-electron chi connectivity index (χ2n) is 6.70. The van der Waals surface area contributed by atoms with E-state index in [2.05, 4.69) is 21.2 Å². The Morgan fingerprint density at radius 1 is 1.24 bits per heavy atom. The molecule has 2 rings (SSSR count). The average molecular weight is 354 g/mol. The SMILES string of the molecule is CC(C)(C)[C@H](NC(=O)C1(c2ccc(Br)cc2)CC1)C(=O)O. The monoisotopic (exact) mass is 353 g/mol. The standard InChI is InChI=1S/C16H20BrNO3/c1-15(2,3)12(13(19)20)18-14(21)16(8-9-16)10-4-6-11(17)7-5-10/h4-7,12H,8-9H2,1-3H3,(H,18,21)(H,19,20)/t12-/m1/s1. The number of nitrogens with one attached hydrogen (secondary N) is 1. The number of aliphatic carboxylic acids is 1. The summed E-state index contributed by atoms with van der Waals surface area (Å²) < 4.78 is 0.959. The number of rotatable bonds is 4. The molecule has 0 aromatic heterocycles. The van der Waals surface area contributed by atoms with Crippen LogP contribution in [-0.4, -0.2) is 23.0 Å². The summed E-state index contributed by atoms with van der Waals surface area (Å²) in [6, 6.07) is 6.76. The Morgan fingerprint density at radius 3 is 2.14 bits per heavy atom. The molecule has 4 nitrogen and oxygen atoms in total. The number of halogens is 1. The van der Waals surface area contributed by atoms with Crippen LogP contribution in [0.4, 0.5) is 0 Å². The quantitative estimate of drug-likeness (QED) is 0.873. The van der Waals surface area contributed by atoms with Gasteiger partial charge in [-0.15, -0.1) is 0 Å². The van der Waals surface area contributed by atoms with Crippen LogP contribution in [0.5, 0.6) is 0 Å². The fourth-order valence-corrected chi connectivity index (χ4v) is 2.72. The Balaban J connectivity index is 2.20. The van der Waals surface area contributed by atoms with Crippen molar-refractivity contribution in [2.24, 2.45) is 5.41 Å². The highest BCUT2D eigenvalue weighted by Crippen LogP contribution is 2.48. The maximum Gasteiger partial charge on any atom is 0.326 e. The van der Waals surface area contributed by atoms with Gasteiger partial charge in [0.15, 0.2) is 0 Å². The third-order valence-corrected chi connectivity index (χ3v) is 4.50. The van der Waals surface area contributed by atoms with Gasteiger partial charge in [-0.25, -0.2) is 4.79 Å². The fraction of sp³-hybridized carbons (Fsp3) is 0.500. The highest BCUT2D eigenvalue weighted by Gasteiger charge is 2.52. The lowest BCUT2D eigenvalue weighted by Gasteiger charge is -2.29. The molecule has 0 bridgehead atoms. The Morgan fingerprint density at radius 2 is 1.76 bits per heavy atom. The molecule has 114 valence electrons. The van der Waals surface area contributed by atoms with Crippen molar-refractivity contribution < 1.29 is 14.7 Å². The van der Waals surface area contributed by atoms with E-state index in [1.54, 1.807) is 0 Å². The van der Waals surface area contributed by atoms with Gasteiger partial charge in [-0.1, -0.05) is 48.8 Å². The van der Waals surface area contributed by atoms with E-state index >= 15 is 0 Å². The highest BCUT2D eigenvalue weighted by molar-refractivity contribution is 9.10. The lowest BCUT2D eigenvalue weighted by molar-refractivity contribution is -0.145. The number of amides is 1. The zero-order valence-electron chi connectivity index (χ0n) is 12.4. The summed E-state index contributed by atoms with van der Waals surface area (Å²) in [5.74, 6) is -1.19. The van der Waals surface area contributed by atoms with E-state index in [9.17, 15) is 14.7 Å². The molecule has 1 aromatic carbocycles. The van der Waals surface area contributed by atoms with Crippen LogP contribution in [0.25, 0.3) is 0 Å². The molecule has 1 saturated carbocycles. The fourth-order valence-electron chi connectivity index (χ4n) is 2.46. The molecule has 1 aliphatic rings. The van der Waals surface area contributed by atoms with Crippen molar-refractivity contribution in [2.45, 2.75) is 45.1 Å². The van der Waals surface area contributed by atoms with E-state index in [0.29, 0.717) is 0 Å². The van der Waals surface area contributed by atoms with E-state index in [4.69, 9.17) is 0 Å². The molecule has 2 N–H and O–H groups in total. The van der Waals surface area contributed by atoms with E-state index in [1.807, 2.05) is 45.0 Å². The Labute approximate surface area is 133 Å². The number of hydrogen-bond donors (Lipinski definition) is 2. The number of benzene rings is 1. The molecule has 0 saturated heterocycles. The van der Waals surface area contributed by atoms with Gasteiger partial charge in [0.25, 0.3) is 0 Å². The third-order valence-electron chi connectivity index (χ3n) is 3.97. The molecular weight excluding hydrogens is 334 g/mol. The van der Waals surface area contributed by atoms with Crippen molar-refractivity contribution in [3.8, 4) is 0 Å². The van der Waals surface area contributed by atoms with E-state index in [0.717, 1.165) is 22.9 Å².